The molecule has 8 nitrogen and oxygen atoms in total. The van der Waals surface area contributed by atoms with Crippen LogP contribution in [-0.4, -0.2) is 61.4 Å². The number of ether oxygens (including phenoxy) is 2. The van der Waals surface area contributed by atoms with Crippen LogP contribution in [0.1, 0.15) is 38.7 Å². The van der Waals surface area contributed by atoms with Gasteiger partial charge >= 0.3 is 5.97 Å². The van der Waals surface area contributed by atoms with Crippen LogP contribution in [-0.2, 0) is 30.3 Å². The summed E-state index contributed by atoms with van der Waals surface area (Å²) in [6.45, 7) is 4.39. The molecule has 1 aliphatic rings. The van der Waals surface area contributed by atoms with Crippen molar-refractivity contribution in [3.63, 3.8) is 0 Å². The average Bonchev–Trinajstić information content (AvgIpc) is 2.78. The van der Waals surface area contributed by atoms with Gasteiger partial charge in [-0.15, -0.1) is 0 Å². The number of carbonyl (C=O) groups is 3. The van der Waals surface area contributed by atoms with Crippen molar-refractivity contribution >= 4 is 17.8 Å². The smallest absolute Gasteiger partial charge is 0.309 e. The molecule has 1 aromatic rings. The van der Waals surface area contributed by atoms with Gasteiger partial charge in [0.2, 0.25) is 11.8 Å². The van der Waals surface area contributed by atoms with Gasteiger partial charge in [0, 0.05) is 13.0 Å². The van der Waals surface area contributed by atoms with Gasteiger partial charge in [0.1, 0.15) is 6.61 Å². The average molecular weight is 461 g/mol. The Morgan fingerprint density at radius 3 is 2.55 bits per heavy atom. The maximum Gasteiger partial charge on any atom is 0.309 e. The third-order valence-corrected chi connectivity index (χ3v) is 5.31. The van der Waals surface area contributed by atoms with Crippen molar-refractivity contribution in [1.82, 2.24) is 10.6 Å². The second-order valence-electron chi connectivity index (χ2n) is 8.90. The number of hydrogen-bond donors (Lipinski definition) is 3. The van der Waals surface area contributed by atoms with Crippen LogP contribution in [0.4, 0.5) is 0 Å². The van der Waals surface area contributed by atoms with Crippen molar-refractivity contribution in [3.8, 4) is 0 Å². The molecule has 0 aromatic heterocycles. The number of aliphatic hydroxyl groups excluding tert-OH is 1. The molecule has 1 aliphatic heterocycles. The molecule has 0 aliphatic carbocycles. The Bertz CT molecular complexity index is 793. The Morgan fingerprint density at radius 2 is 1.85 bits per heavy atom. The van der Waals surface area contributed by atoms with Crippen molar-refractivity contribution < 1.29 is 29.0 Å². The molecule has 2 atom stereocenters. The van der Waals surface area contributed by atoms with Gasteiger partial charge in [-0.2, -0.15) is 0 Å². The van der Waals surface area contributed by atoms with E-state index in [0.717, 1.165) is 5.56 Å². The lowest BCUT2D eigenvalue weighted by atomic mass is 9.93. The van der Waals surface area contributed by atoms with E-state index in [9.17, 15) is 14.4 Å². The fourth-order valence-corrected chi connectivity index (χ4v) is 3.53. The second-order valence-corrected chi connectivity index (χ2v) is 8.90. The van der Waals surface area contributed by atoms with E-state index in [0.29, 0.717) is 32.4 Å². The van der Waals surface area contributed by atoms with E-state index in [4.69, 9.17) is 14.6 Å². The standard InChI is InChI=1S/C25H36N2O6/c1-25(2)18-33-24(31)21(16-19-8-4-3-5-9-19)11-7-6-10-20(23(30)27-25)17-22(29)26-12-14-32-15-13-28/h3-9,20-21,28H,10-18H2,1-2H3,(H,26,29)(H,27,30)/t20-,21-/m1/s1. The van der Waals surface area contributed by atoms with Gasteiger partial charge in [0.15, 0.2) is 0 Å². The molecule has 0 unspecified atom stereocenters. The highest BCUT2D eigenvalue weighted by Gasteiger charge is 2.30. The van der Waals surface area contributed by atoms with Crippen LogP contribution < -0.4 is 10.6 Å². The predicted octanol–water partition coefficient (Wildman–Crippen LogP) is 1.76. The highest BCUT2D eigenvalue weighted by Crippen LogP contribution is 2.19. The lowest BCUT2D eigenvalue weighted by Crippen LogP contribution is -2.50. The summed E-state index contributed by atoms with van der Waals surface area (Å²) in [5.74, 6) is -1.65. The van der Waals surface area contributed by atoms with Gasteiger partial charge in [-0.25, -0.2) is 0 Å². The third kappa shape index (κ3) is 10.2. The zero-order valence-corrected chi connectivity index (χ0v) is 19.5. The molecule has 1 aromatic carbocycles. The van der Waals surface area contributed by atoms with E-state index in [-0.39, 0.29) is 49.9 Å². The van der Waals surface area contributed by atoms with Gasteiger partial charge < -0.3 is 25.2 Å². The summed E-state index contributed by atoms with van der Waals surface area (Å²) in [4.78, 5) is 37.9. The SMILES string of the molecule is CC1(C)COC(=O)[C@@H](Cc2ccccc2)CC=CC[C@H](CC(=O)NCCOCCO)C(=O)N1. The maximum atomic E-state index is 12.9. The van der Waals surface area contributed by atoms with Crippen molar-refractivity contribution in [2.45, 2.75) is 45.1 Å². The summed E-state index contributed by atoms with van der Waals surface area (Å²) in [7, 11) is 0. The zero-order chi connectivity index (χ0) is 24.1. The molecule has 3 N–H and O–H groups in total. The lowest BCUT2D eigenvalue weighted by Gasteiger charge is -2.29. The topological polar surface area (TPSA) is 114 Å². The number of hydrogen-bond acceptors (Lipinski definition) is 6. The third-order valence-electron chi connectivity index (χ3n) is 5.31. The van der Waals surface area contributed by atoms with E-state index in [2.05, 4.69) is 10.6 Å². The minimum Gasteiger partial charge on any atom is -0.463 e. The number of carbonyl (C=O) groups excluding carboxylic acids is 3. The Labute approximate surface area is 195 Å². The molecule has 0 radical (unpaired) electrons. The van der Waals surface area contributed by atoms with Gasteiger partial charge in [0.05, 0.1) is 37.2 Å². The first kappa shape index (κ1) is 26.5. The highest BCUT2D eigenvalue weighted by molar-refractivity contribution is 5.86. The van der Waals surface area contributed by atoms with E-state index >= 15 is 0 Å². The molecule has 2 amide bonds. The summed E-state index contributed by atoms with van der Waals surface area (Å²) in [6, 6.07) is 9.80. The molecule has 2 rings (SSSR count). The number of nitrogens with one attached hydrogen (secondary N) is 2. The first-order chi connectivity index (χ1) is 15.8. The number of rotatable bonds is 9. The Hall–Kier alpha value is -2.71. The van der Waals surface area contributed by atoms with Gasteiger partial charge in [-0.3, -0.25) is 14.4 Å². The molecule has 0 fully saturated rings. The molecule has 1 heterocycles. The fraction of sp³-hybridized carbons (Fsp3) is 0.560. The summed E-state index contributed by atoms with van der Waals surface area (Å²) >= 11 is 0. The number of benzene rings is 1. The molecular weight excluding hydrogens is 424 g/mol. The molecule has 0 bridgehead atoms. The Morgan fingerprint density at radius 1 is 1.15 bits per heavy atom. The van der Waals surface area contributed by atoms with Crippen LogP contribution in [0.15, 0.2) is 42.5 Å². The van der Waals surface area contributed by atoms with Gasteiger partial charge in [0.25, 0.3) is 0 Å². The Kier molecular flexibility index (Phi) is 11.1. The van der Waals surface area contributed by atoms with Gasteiger partial charge in [-0.1, -0.05) is 42.5 Å². The molecule has 33 heavy (non-hydrogen) atoms. The van der Waals surface area contributed by atoms with Crippen LogP contribution in [0.3, 0.4) is 0 Å². The monoisotopic (exact) mass is 460 g/mol. The molecular formula is C25H36N2O6. The second kappa shape index (κ2) is 13.7. The van der Waals surface area contributed by atoms with Crippen LogP contribution in [0.5, 0.6) is 0 Å². The number of cyclic esters (lactones) is 1. The first-order valence-electron chi connectivity index (χ1n) is 11.4. The summed E-state index contributed by atoms with van der Waals surface area (Å²) < 4.78 is 10.7. The first-order valence-corrected chi connectivity index (χ1v) is 11.4. The molecule has 0 saturated carbocycles. The number of aliphatic hydroxyl groups is 1. The van der Waals surface area contributed by atoms with Crippen molar-refractivity contribution in [2.75, 3.05) is 33.0 Å². The highest BCUT2D eigenvalue weighted by atomic mass is 16.5. The quantitative estimate of drug-likeness (QED) is 0.294. The molecule has 182 valence electrons. The molecule has 0 saturated heterocycles. The number of amides is 2. The maximum absolute atomic E-state index is 12.9. The summed E-state index contributed by atoms with van der Waals surface area (Å²) in [5.41, 5.74) is 0.296. The van der Waals surface area contributed by atoms with E-state index in [1.165, 1.54) is 0 Å². The van der Waals surface area contributed by atoms with Crippen molar-refractivity contribution in [3.05, 3.63) is 48.0 Å². The normalized spacial score (nSPS) is 21.3. The van der Waals surface area contributed by atoms with Crippen LogP contribution in [0, 0.1) is 11.8 Å². The Balaban J connectivity index is 2.03. The fourth-order valence-electron chi connectivity index (χ4n) is 3.53. The number of allylic oxidation sites excluding steroid dienone is 2. The summed E-state index contributed by atoms with van der Waals surface area (Å²) in [6.07, 6.45) is 5.26. The van der Waals surface area contributed by atoms with Crippen molar-refractivity contribution in [1.29, 1.82) is 0 Å². The zero-order valence-electron chi connectivity index (χ0n) is 19.5. The minimum atomic E-state index is -0.764. The van der Waals surface area contributed by atoms with Crippen molar-refractivity contribution in [2.24, 2.45) is 11.8 Å². The largest absolute Gasteiger partial charge is 0.463 e. The van der Waals surface area contributed by atoms with Gasteiger partial charge in [-0.05, 0) is 38.7 Å². The molecule has 8 heteroatoms. The number of esters is 1. The van der Waals surface area contributed by atoms with Crippen LogP contribution in [0.25, 0.3) is 0 Å². The van der Waals surface area contributed by atoms with E-state index in [1.807, 2.05) is 42.5 Å². The van der Waals surface area contributed by atoms with E-state index < -0.39 is 11.5 Å². The lowest BCUT2D eigenvalue weighted by molar-refractivity contribution is -0.151. The van der Waals surface area contributed by atoms with E-state index in [1.54, 1.807) is 13.8 Å². The minimum absolute atomic E-state index is 0.0412. The van der Waals surface area contributed by atoms with Crippen LogP contribution in [0.2, 0.25) is 0 Å². The summed E-state index contributed by atoms with van der Waals surface area (Å²) in [5, 5.41) is 14.4. The van der Waals surface area contributed by atoms with Crippen LogP contribution >= 0.6 is 0 Å². The molecule has 0 spiro atoms. The predicted molar refractivity (Wildman–Crippen MR) is 124 cm³/mol.